The molecular formula is C18H16BrClN2O2S2. The van der Waals surface area contributed by atoms with Crippen molar-refractivity contribution in [1.82, 2.24) is 9.88 Å². The zero-order valence-electron chi connectivity index (χ0n) is 14.2. The van der Waals surface area contributed by atoms with Crippen LogP contribution in [0.2, 0.25) is 5.02 Å². The molecule has 136 valence electrons. The number of benzene rings is 1. The molecule has 4 nitrogen and oxygen atoms in total. The molecular weight excluding hydrogens is 456 g/mol. The van der Waals surface area contributed by atoms with E-state index >= 15 is 0 Å². The smallest absolute Gasteiger partial charge is 0.228 e. The van der Waals surface area contributed by atoms with E-state index in [1.54, 1.807) is 47.8 Å². The van der Waals surface area contributed by atoms with Crippen LogP contribution in [0, 0.1) is 0 Å². The van der Waals surface area contributed by atoms with Crippen molar-refractivity contribution in [2.24, 2.45) is 0 Å². The Kier molecular flexibility index (Phi) is 6.34. The van der Waals surface area contributed by atoms with E-state index < -0.39 is 0 Å². The second kappa shape index (κ2) is 8.52. The fourth-order valence-corrected chi connectivity index (χ4v) is 4.95. The van der Waals surface area contributed by atoms with Gasteiger partial charge in [-0.05, 0) is 40.2 Å². The van der Waals surface area contributed by atoms with Gasteiger partial charge in [-0.3, -0.25) is 4.79 Å². The Bertz CT molecular complexity index is 926. The summed E-state index contributed by atoms with van der Waals surface area (Å²) in [6, 6.07) is 7.43. The number of nitrogens with zero attached hydrogens (tertiary/aromatic N) is 2. The first-order valence-corrected chi connectivity index (χ1v) is 10.6. The van der Waals surface area contributed by atoms with Crippen molar-refractivity contribution in [1.29, 1.82) is 0 Å². The third kappa shape index (κ3) is 4.65. The summed E-state index contributed by atoms with van der Waals surface area (Å²) in [6.45, 7) is 0.428. The van der Waals surface area contributed by atoms with Crippen LogP contribution in [0.5, 0.6) is 5.75 Å². The third-order valence-corrected chi connectivity index (χ3v) is 6.72. The molecule has 0 aliphatic carbocycles. The average Bonchev–Trinajstić information content (AvgIpc) is 3.24. The van der Waals surface area contributed by atoms with E-state index in [1.807, 2.05) is 29.0 Å². The SMILES string of the molecule is COc1ccc(Cl)cc1CN(C)C(=O)Cc1csc(-c2cc(Br)cs2)n1. The zero-order valence-corrected chi connectivity index (χ0v) is 18.1. The Balaban J connectivity index is 1.66. The van der Waals surface area contributed by atoms with Crippen LogP contribution >= 0.6 is 50.2 Å². The largest absolute Gasteiger partial charge is 0.496 e. The molecule has 3 aromatic rings. The van der Waals surface area contributed by atoms with Crippen molar-refractivity contribution < 1.29 is 9.53 Å². The van der Waals surface area contributed by atoms with E-state index in [1.165, 1.54) is 0 Å². The highest BCUT2D eigenvalue weighted by Gasteiger charge is 2.15. The molecule has 0 radical (unpaired) electrons. The van der Waals surface area contributed by atoms with E-state index in [4.69, 9.17) is 16.3 Å². The fraction of sp³-hybridized carbons (Fsp3) is 0.222. The predicted octanol–water partition coefficient (Wildman–Crippen LogP) is 5.50. The van der Waals surface area contributed by atoms with Gasteiger partial charge in [0, 0.05) is 39.4 Å². The lowest BCUT2D eigenvalue weighted by molar-refractivity contribution is -0.129. The molecule has 26 heavy (non-hydrogen) atoms. The van der Waals surface area contributed by atoms with Gasteiger partial charge < -0.3 is 9.64 Å². The number of carbonyl (C=O) groups excluding carboxylic acids is 1. The van der Waals surface area contributed by atoms with Crippen molar-refractivity contribution in [3.63, 3.8) is 0 Å². The molecule has 2 heterocycles. The minimum absolute atomic E-state index is 0.00348. The Labute approximate surface area is 173 Å². The maximum absolute atomic E-state index is 12.6. The van der Waals surface area contributed by atoms with Gasteiger partial charge in [-0.25, -0.2) is 4.98 Å². The van der Waals surface area contributed by atoms with E-state index in [2.05, 4.69) is 20.9 Å². The maximum Gasteiger partial charge on any atom is 0.228 e. The quantitative estimate of drug-likeness (QED) is 0.477. The second-order valence-corrected chi connectivity index (χ2v) is 8.78. The van der Waals surface area contributed by atoms with Crippen LogP contribution in [0.25, 0.3) is 9.88 Å². The molecule has 2 aromatic heterocycles. The van der Waals surface area contributed by atoms with E-state index in [9.17, 15) is 4.79 Å². The first-order valence-electron chi connectivity index (χ1n) is 7.71. The molecule has 0 saturated carbocycles. The number of likely N-dealkylation sites (N-methyl/N-ethyl adjacent to an activating group) is 1. The zero-order chi connectivity index (χ0) is 18.7. The Morgan fingerprint density at radius 3 is 2.81 bits per heavy atom. The summed E-state index contributed by atoms with van der Waals surface area (Å²) in [7, 11) is 3.38. The van der Waals surface area contributed by atoms with Gasteiger partial charge in [0.25, 0.3) is 0 Å². The molecule has 0 N–H and O–H groups in total. The third-order valence-electron chi connectivity index (χ3n) is 3.74. The summed E-state index contributed by atoms with van der Waals surface area (Å²) in [4.78, 5) is 19.9. The summed E-state index contributed by atoms with van der Waals surface area (Å²) in [6.07, 6.45) is 0.266. The molecule has 0 bridgehead atoms. The van der Waals surface area contributed by atoms with Crippen LogP contribution in [0.15, 0.2) is 39.5 Å². The normalized spacial score (nSPS) is 10.8. The number of aromatic nitrogens is 1. The molecule has 1 aromatic carbocycles. The van der Waals surface area contributed by atoms with E-state index in [0.717, 1.165) is 25.6 Å². The van der Waals surface area contributed by atoms with E-state index in [-0.39, 0.29) is 12.3 Å². The summed E-state index contributed by atoms with van der Waals surface area (Å²) in [5, 5.41) is 5.51. The summed E-state index contributed by atoms with van der Waals surface area (Å²) in [5.74, 6) is 0.713. The lowest BCUT2D eigenvalue weighted by Gasteiger charge is -2.18. The summed E-state index contributed by atoms with van der Waals surface area (Å²) >= 11 is 12.7. The standard InChI is InChI=1S/C18H16BrClN2O2S2/c1-22(8-11-5-13(20)3-4-15(11)24-2)17(23)7-14-10-26-18(21-14)16-6-12(19)9-25-16/h3-6,9-10H,7-8H2,1-2H3. The van der Waals surface area contributed by atoms with Gasteiger partial charge in [-0.2, -0.15) is 0 Å². The average molecular weight is 472 g/mol. The van der Waals surface area contributed by atoms with Gasteiger partial charge in [0.05, 0.1) is 24.1 Å². The van der Waals surface area contributed by atoms with Crippen LogP contribution in [-0.4, -0.2) is 29.9 Å². The van der Waals surface area contributed by atoms with Crippen LogP contribution in [0.3, 0.4) is 0 Å². The molecule has 0 unspecified atom stereocenters. The number of carbonyl (C=O) groups is 1. The number of ether oxygens (including phenoxy) is 1. The minimum Gasteiger partial charge on any atom is -0.496 e. The van der Waals surface area contributed by atoms with Crippen LogP contribution in [-0.2, 0) is 17.8 Å². The Hall–Kier alpha value is -1.41. The fourth-order valence-electron chi connectivity index (χ4n) is 2.43. The highest BCUT2D eigenvalue weighted by atomic mass is 79.9. The summed E-state index contributed by atoms with van der Waals surface area (Å²) < 4.78 is 6.39. The molecule has 0 aliphatic heterocycles. The monoisotopic (exact) mass is 470 g/mol. The maximum atomic E-state index is 12.6. The number of thiophene rings is 1. The van der Waals surface area contributed by atoms with Gasteiger partial charge in [-0.1, -0.05) is 11.6 Å². The molecule has 0 aliphatic rings. The van der Waals surface area contributed by atoms with Gasteiger partial charge in [0.2, 0.25) is 5.91 Å². The molecule has 0 atom stereocenters. The van der Waals surface area contributed by atoms with Crippen molar-refractivity contribution in [2.45, 2.75) is 13.0 Å². The molecule has 0 spiro atoms. The number of thiazole rings is 1. The number of amides is 1. The lowest BCUT2D eigenvalue weighted by atomic mass is 10.2. The first-order chi connectivity index (χ1) is 12.5. The van der Waals surface area contributed by atoms with Crippen molar-refractivity contribution in [2.75, 3.05) is 14.2 Å². The van der Waals surface area contributed by atoms with Crippen LogP contribution in [0.4, 0.5) is 0 Å². The minimum atomic E-state index is -0.00348. The van der Waals surface area contributed by atoms with Crippen molar-refractivity contribution in [3.8, 4) is 15.6 Å². The Morgan fingerprint density at radius 1 is 1.31 bits per heavy atom. The van der Waals surface area contributed by atoms with E-state index in [0.29, 0.717) is 17.3 Å². The van der Waals surface area contributed by atoms with Gasteiger partial charge in [-0.15, -0.1) is 22.7 Å². The number of rotatable bonds is 6. The van der Waals surface area contributed by atoms with Crippen molar-refractivity contribution >= 4 is 56.1 Å². The Morgan fingerprint density at radius 2 is 2.12 bits per heavy atom. The highest BCUT2D eigenvalue weighted by molar-refractivity contribution is 9.10. The number of hydrogen-bond acceptors (Lipinski definition) is 5. The van der Waals surface area contributed by atoms with Crippen LogP contribution in [0.1, 0.15) is 11.3 Å². The van der Waals surface area contributed by atoms with Gasteiger partial charge in [0.1, 0.15) is 10.8 Å². The number of halogens is 2. The highest BCUT2D eigenvalue weighted by Crippen LogP contribution is 2.32. The lowest BCUT2D eigenvalue weighted by Crippen LogP contribution is -2.28. The molecule has 3 rings (SSSR count). The molecule has 0 fully saturated rings. The summed E-state index contributed by atoms with van der Waals surface area (Å²) in [5.41, 5.74) is 1.66. The molecule has 0 saturated heterocycles. The van der Waals surface area contributed by atoms with Crippen molar-refractivity contribution in [3.05, 3.63) is 55.8 Å². The number of methoxy groups -OCH3 is 1. The molecule has 8 heteroatoms. The van der Waals surface area contributed by atoms with Gasteiger partial charge >= 0.3 is 0 Å². The predicted molar refractivity (Wildman–Crippen MR) is 111 cm³/mol. The second-order valence-electron chi connectivity index (χ2n) is 5.66. The first kappa shape index (κ1) is 19.4. The van der Waals surface area contributed by atoms with Crippen LogP contribution < -0.4 is 4.74 Å². The topological polar surface area (TPSA) is 42.4 Å². The molecule has 1 amide bonds. The number of hydrogen-bond donors (Lipinski definition) is 0. The van der Waals surface area contributed by atoms with Gasteiger partial charge in [0.15, 0.2) is 0 Å².